The number of aromatic nitrogens is 2. The van der Waals surface area contributed by atoms with Crippen LogP contribution in [0.2, 0.25) is 0 Å². The van der Waals surface area contributed by atoms with Gasteiger partial charge in [0.05, 0.1) is 11.4 Å². The number of fused-ring (bicyclic) bond motifs is 2. The van der Waals surface area contributed by atoms with Gasteiger partial charge >= 0.3 is 0 Å². The molecule has 3 unspecified atom stereocenters. The van der Waals surface area contributed by atoms with E-state index in [1.165, 1.54) is 25.7 Å². The summed E-state index contributed by atoms with van der Waals surface area (Å²) in [4.78, 5) is 2.36. The molecule has 1 aromatic rings. The number of nitrogens with two attached hydrogens (primary N) is 1. The van der Waals surface area contributed by atoms with Gasteiger partial charge in [0, 0.05) is 20.1 Å². The van der Waals surface area contributed by atoms with E-state index >= 15 is 0 Å². The van der Waals surface area contributed by atoms with E-state index < -0.39 is 0 Å². The number of aryl methyl sites for hydroxylation is 2. The first kappa shape index (κ1) is 13.8. The van der Waals surface area contributed by atoms with Crippen LogP contribution in [0.3, 0.4) is 0 Å². The maximum absolute atomic E-state index is 6.26. The molecule has 2 bridgehead atoms. The normalized spacial score (nSPS) is 28.2. The minimum absolute atomic E-state index is 0.864. The predicted octanol–water partition coefficient (Wildman–Crippen LogP) is 3.06. The largest absolute Gasteiger partial charge is 0.394 e. The van der Waals surface area contributed by atoms with Crippen LogP contribution in [-0.2, 0) is 6.54 Å². The van der Waals surface area contributed by atoms with Gasteiger partial charge < -0.3 is 10.6 Å². The van der Waals surface area contributed by atoms with Gasteiger partial charge in [0.1, 0.15) is 5.82 Å². The average molecular weight is 276 g/mol. The Balaban J connectivity index is 1.74. The zero-order valence-corrected chi connectivity index (χ0v) is 13.1. The molecule has 2 aliphatic rings. The predicted molar refractivity (Wildman–Crippen MR) is 83.9 cm³/mol. The molecule has 0 saturated heterocycles. The van der Waals surface area contributed by atoms with Crippen molar-refractivity contribution >= 4 is 11.5 Å². The molecular weight excluding hydrogens is 248 g/mol. The molecule has 0 aromatic carbocycles. The summed E-state index contributed by atoms with van der Waals surface area (Å²) in [5, 5.41) is 4.59. The molecule has 2 aliphatic carbocycles. The second-order valence-electron chi connectivity index (χ2n) is 6.86. The molecule has 3 atom stereocenters. The molecule has 0 aliphatic heterocycles. The number of hydrogen-bond acceptors (Lipinski definition) is 3. The topological polar surface area (TPSA) is 47.1 Å². The third-order valence-electron chi connectivity index (χ3n) is 5.34. The number of nitrogen functional groups attached to an aromatic ring is 1. The molecule has 4 nitrogen and oxygen atoms in total. The molecule has 4 heteroatoms. The molecule has 0 radical (unpaired) electrons. The van der Waals surface area contributed by atoms with Crippen LogP contribution < -0.4 is 10.6 Å². The summed E-state index contributed by atoms with van der Waals surface area (Å²) in [6, 6.07) is 0. The van der Waals surface area contributed by atoms with Crippen molar-refractivity contribution in [1.29, 1.82) is 0 Å². The van der Waals surface area contributed by atoms with E-state index in [1.54, 1.807) is 0 Å². The smallest absolute Gasteiger partial charge is 0.150 e. The third-order valence-corrected chi connectivity index (χ3v) is 5.34. The first-order valence-corrected chi connectivity index (χ1v) is 8.14. The number of anilines is 2. The van der Waals surface area contributed by atoms with Crippen molar-refractivity contribution in [2.24, 2.45) is 17.8 Å². The molecule has 20 heavy (non-hydrogen) atoms. The second kappa shape index (κ2) is 5.30. The minimum atomic E-state index is 0.864. The number of nitrogens with zero attached hydrogens (tertiary/aromatic N) is 3. The molecule has 112 valence electrons. The quantitative estimate of drug-likeness (QED) is 0.899. The zero-order chi connectivity index (χ0) is 14.3. The number of rotatable bonds is 5. The molecule has 1 aromatic heterocycles. The molecule has 2 N–H and O–H groups in total. The Morgan fingerprint density at radius 1 is 1.35 bits per heavy atom. The van der Waals surface area contributed by atoms with E-state index in [2.05, 4.69) is 28.7 Å². The van der Waals surface area contributed by atoms with Gasteiger partial charge in [-0.3, -0.25) is 0 Å². The monoisotopic (exact) mass is 276 g/mol. The average Bonchev–Trinajstić information content (AvgIpc) is 3.06. The van der Waals surface area contributed by atoms with Crippen LogP contribution in [0.15, 0.2) is 0 Å². The zero-order valence-electron chi connectivity index (χ0n) is 13.1. The van der Waals surface area contributed by atoms with Crippen LogP contribution in [0, 0.1) is 24.7 Å². The fraction of sp³-hybridized carbons (Fsp3) is 0.812. The maximum Gasteiger partial charge on any atom is 0.150 e. The Morgan fingerprint density at radius 2 is 2.15 bits per heavy atom. The van der Waals surface area contributed by atoms with Crippen molar-refractivity contribution in [3.8, 4) is 0 Å². The Bertz CT molecular complexity index is 479. The van der Waals surface area contributed by atoms with Crippen LogP contribution in [0.25, 0.3) is 0 Å². The van der Waals surface area contributed by atoms with Gasteiger partial charge in [0.2, 0.25) is 0 Å². The summed E-state index contributed by atoms with van der Waals surface area (Å²) in [6.07, 6.45) is 6.92. The van der Waals surface area contributed by atoms with Crippen molar-refractivity contribution in [2.75, 3.05) is 24.2 Å². The summed E-state index contributed by atoms with van der Waals surface area (Å²) in [7, 11) is 2.19. The second-order valence-corrected chi connectivity index (χ2v) is 6.86. The highest BCUT2D eigenvalue weighted by atomic mass is 15.4. The van der Waals surface area contributed by atoms with Gasteiger partial charge in [-0.05, 0) is 50.4 Å². The number of hydrogen-bond donors (Lipinski definition) is 1. The Labute approximate surface area is 122 Å². The standard InChI is InChI=1S/C16H28N4/c1-4-7-20-16(15(17)11(2)18-20)19(3)10-14-9-12-5-6-13(14)8-12/h12-14H,4-10,17H2,1-3H3. The Hall–Kier alpha value is -1.19. The van der Waals surface area contributed by atoms with Gasteiger partial charge in [0.15, 0.2) is 0 Å². The van der Waals surface area contributed by atoms with Gasteiger partial charge in [-0.2, -0.15) is 5.10 Å². The Kier molecular flexibility index (Phi) is 3.65. The lowest BCUT2D eigenvalue weighted by Crippen LogP contribution is -2.30. The third kappa shape index (κ3) is 2.29. The molecule has 1 heterocycles. The summed E-state index contributed by atoms with van der Waals surface area (Å²) < 4.78 is 2.10. The van der Waals surface area contributed by atoms with Crippen molar-refractivity contribution < 1.29 is 0 Å². The van der Waals surface area contributed by atoms with Crippen LogP contribution in [0.1, 0.15) is 44.7 Å². The van der Waals surface area contributed by atoms with Crippen molar-refractivity contribution in [3.63, 3.8) is 0 Å². The van der Waals surface area contributed by atoms with Crippen LogP contribution in [0.5, 0.6) is 0 Å². The van der Waals surface area contributed by atoms with Gasteiger partial charge in [-0.15, -0.1) is 0 Å². The first-order chi connectivity index (χ1) is 9.60. The van der Waals surface area contributed by atoms with Gasteiger partial charge in [0.25, 0.3) is 0 Å². The van der Waals surface area contributed by atoms with E-state index in [9.17, 15) is 0 Å². The summed E-state index contributed by atoms with van der Waals surface area (Å²) >= 11 is 0. The molecule has 3 rings (SSSR count). The van der Waals surface area contributed by atoms with Crippen LogP contribution >= 0.6 is 0 Å². The fourth-order valence-corrected chi connectivity index (χ4v) is 4.39. The summed E-state index contributed by atoms with van der Waals surface area (Å²) in [5.41, 5.74) is 8.09. The van der Waals surface area contributed by atoms with E-state index in [0.717, 1.165) is 54.5 Å². The lowest BCUT2D eigenvalue weighted by molar-refractivity contribution is 0.336. The van der Waals surface area contributed by atoms with Crippen molar-refractivity contribution in [2.45, 2.75) is 52.5 Å². The lowest BCUT2D eigenvalue weighted by Gasteiger charge is -2.29. The maximum atomic E-state index is 6.26. The first-order valence-electron chi connectivity index (χ1n) is 8.14. The molecule has 0 spiro atoms. The van der Waals surface area contributed by atoms with E-state index in [0.29, 0.717) is 0 Å². The molecule has 0 amide bonds. The molecule has 2 saturated carbocycles. The van der Waals surface area contributed by atoms with Crippen molar-refractivity contribution in [3.05, 3.63) is 5.69 Å². The summed E-state index contributed by atoms with van der Waals surface area (Å²) in [6.45, 7) is 6.29. The lowest BCUT2D eigenvalue weighted by atomic mass is 9.88. The van der Waals surface area contributed by atoms with Crippen LogP contribution in [0.4, 0.5) is 11.5 Å². The summed E-state index contributed by atoms with van der Waals surface area (Å²) in [5.74, 6) is 3.97. The van der Waals surface area contributed by atoms with Gasteiger partial charge in [-0.1, -0.05) is 13.3 Å². The van der Waals surface area contributed by atoms with Crippen LogP contribution in [-0.4, -0.2) is 23.4 Å². The van der Waals surface area contributed by atoms with Crippen molar-refractivity contribution in [1.82, 2.24) is 9.78 Å². The van der Waals surface area contributed by atoms with E-state index in [4.69, 9.17) is 5.73 Å². The molecular formula is C16H28N4. The van der Waals surface area contributed by atoms with E-state index in [-0.39, 0.29) is 0 Å². The minimum Gasteiger partial charge on any atom is -0.394 e. The highest BCUT2D eigenvalue weighted by molar-refractivity contribution is 5.65. The SMILES string of the molecule is CCCn1nc(C)c(N)c1N(C)CC1CC2CCC1C2. The van der Waals surface area contributed by atoms with E-state index in [1.807, 2.05) is 6.92 Å². The van der Waals surface area contributed by atoms with Gasteiger partial charge in [-0.25, -0.2) is 4.68 Å². The highest BCUT2D eigenvalue weighted by Crippen LogP contribution is 2.48. The highest BCUT2D eigenvalue weighted by Gasteiger charge is 2.40. The Morgan fingerprint density at radius 3 is 2.75 bits per heavy atom. The fourth-order valence-electron chi connectivity index (χ4n) is 4.39. The molecule has 2 fully saturated rings.